The number of amides is 2. The van der Waals surface area contributed by atoms with Gasteiger partial charge < -0.3 is 25.0 Å². The van der Waals surface area contributed by atoms with Crippen LogP contribution in [0.1, 0.15) is 49.3 Å². The van der Waals surface area contributed by atoms with E-state index in [1.807, 2.05) is 0 Å². The molecule has 3 heterocycles. The molecule has 1 spiro atoms. The number of carbonyl (C=O) groups excluding carboxylic acids is 2. The average molecular weight is 544 g/mol. The van der Waals surface area contributed by atoms with E-state index in [9.17, 15) is 23.5 Å². The number of alkyl halides is 2. The van der Waals surface area contributed by atoms with Crippen molar-refractivity contribution in [2.45, 2.75) is 50.9 Å². The highest BCUT2D eigenvalue weighted by molar-refractivity contribution is 6.11. The minimum Gasteiger partial charge on any atom is -0.426 e. The van der Waals surface area contributed by atoms with Crippen molar-refractivity contribution in [1.29, 1.82) is 0 Å². The van der Waals surface area contributed by atoms with Crippen molar-refractivity contribution in [3.8, 4) is 0 Å². The molecule has 0 saturated carbocycles. The number of hydrogen-bond donors (Lipinski definition) is 2. The Bertz CT molecular complexity index is 1540. The van der Waals surface area contributed by atoms with Crippen LogP contribution in [0.25, 0.3) is 10.9 Å². The predicted octanol–water partition coefficient (Wildman–Crippen LogP) is 4.37. The SMILES string of the molecule is Cc1nc(N[C@H](C)c2cccc(C(F)(F)C(C)(C)O)c2F)c2cc3c(cc2n1)C1(CN(C)C(=O)O1)C(=O)N3C. The largest absolute Gasteiger partial charge is 0.426 e. The normalized spacial score (nSPS) is 20.2. The molecule has 5 rings (SSSR count). The molecule has 2 aromatic carbocycles. The highest BCUT2D eigenvalue weighted by Crippen LogP contribution is 2.48. The molecule has 2 aliphatic rings. The van der Waals surface area contributed by atoms with Gasteiger partial charge in [0.1, 0.15) is 23.1 Å². The third kappa shape index (κ3) is 3.88. The first-order valence-electron chi connectivity index (χ1n) is 12.3. The number of anilines is 2. The molecule has 3 aromatic rings. The lowest BCUT2D eigenvalue weighted by Gasteiger charge is -2.30. The minimum atomic E-state index is -3.84. The Hall–Kier alpha value is -3.93. The zero-order valence-electron chi connectivity index (χ0n) is 22.3. The molecular weight excluding hydrogens is 515 g/mol. The summed E-state index contributed by atoms with van der Waals surface area (Å²) in [6.07, 6.45) is -0.612. The first kappa shape index (κ1) is 26.7. The van der Waals surface area contributed by atoms with Gasteiger partial charge in [-0.1, -0.05) is 12.1 Å². The summed E-state index contributed by atoms with van der Waals surface area (Å²) < 4.78 is 50.6. The topological polar surface area (TPSA) is 108 Å². The smallest absolute Gasteiger partial charge is 0.411 e. The molecule has 1 unspecified atom stereocenters. The van der Waals surface area contributed by atoms with Crippen LogP contribution in [0.15, 0.2) is 30.3 Å². The summed E-state index contributed by atoms with van der Waals surface area (Å²) in [4.78, 5) is 37.1. The van der Waals surface area contributed by atoms with Crippen molar-refractivity contribution in [3.05, 3.63) is 58.7 Å². The second-order valence-electron chi connectivity index (χ2n) is 10.6. The number of benzene rings is 2. The molecule has 1 aromatic heterocycles. The van der Waals surface area contributed by atoms with Gasteiger partial charge >= 0.3 is 12.0 Å². The van der Waals surface area contributed by atoms with Gasteiger partial charge in [-0.3, -0.25) is 4.79 Å². The number of halogens is 3. The number of ether oxygens (including phenoxy) is 1. The summed E-state index contributed by atoms with van der Waals surface area (Å²) in [6.45, 7) is 5.14. The summed E-state index contributed by atoms with van der Waals surface area (Å²) >= 11 is 0. The highest BCUT2D eigenvalue weighted by atomic mass is 19.3. The molecule has 1 saturated heterocycles. The summed E-state index contributed by atoms with van der Waals surface area (Å²) in [7, 11) is 3.12. The van der Waals surface area contributed by atoms with E-state index in [1.165, 1.54) is 21.9 Å². The minimum absolute atomic E-state index is 0.0462. The summed E-state index contributed by atoms with van der Waals surface area (Å²) in [5.41, 5.74) is -3.49. The number of nitrogens with one attached hydrogen (secondary N) is 1. The van der Waals surface area contributed by atoms with Crippen LogP contribution in [0.3, 0.4) is 0 Å². The quantitative estimate of drug-likeness (QED) is 0.492. The third-order valence-corrected chi connectivity index (χ3v) is 7.36. The van der Waals surface area contributed by atoms with Crippen molar-refractivity contribution in [2.75, 3.05) is 30.9 Å². The lowest BCUT2D eigenvalue weighted by Crippen LogP contribution is -2.41. The van der Waals surface area contributed by atoms with Crippen LogP contribution in [0.2, 0.25) is 0 Å². The molecule has 0 aliphatic carbocycles. The van der Waals surface area contributed by atoms with Crippen LogP contribution in [0.5, 0.6) is 0 Å². The van der Waals surface area contributed by atoms with Gasteiger partial charge in [-0.15, -0.1) is 0 Å². The van der Waals surface area contributed by atoms with E-state index < -0.39 is 46.5 Å². The Kier molecular flexibility index (Phi) is 5.84. The second-order valence-corrected chi connectivity index (χ2v) is 10.6. The van der Waals surface area contributed by atoms with Gasteiger partial charge in [0.2, 0.25) is 5.60 Å². The molecule has 0 bridgehead atoms. The zero-order valence-corrected chi connectivity index (χ0v) is 22.3. The van der Waals surface area contributed by atoms with E-state index in [-0.39, 0.29) is 12.1 Å². The maximum absolute atomic E-state index is 15.4. The second kappa shape index (κ2) is 8.54. The summed E-state index contributed by atoms with van der Waals surface area (Å²) in [5.74, 6) is -4.71. The summed E-state index contributed by atoms with van der Waals surface area (Å²) in [6, 6.07) is 6.19. The van der Waals surface area contributed by atoms with E-state index in [0.29, 0.717) is 33.8 Å². The van der Waals surface area contributed by atoms with Gasteiger partial charge in [-0.25, -0.2) is 19.2 Å². The number of aryl methyl sites for hydroxylation is 1. The molecule has 0 radical (unpaired) electrons. The molecule has 2 amide bonds. The number of carbonyl (C=O) groups is 2. The first-order valence-corrected chi connectivity index (χ1v) is 12.3. The van der Waals surface area contributed by atoms with E-state index in [4.69, 9.17) is 4.74 Å². The van der Waals surface area contributed by atoms with Gasteiger partial charge in [0.25, 0.3) is 5.91 Å². The van der Waals surface area contributed by atoms with Crippen LogP contribution in [-0.4, -0.2) is 58.2 Å². The molecule has 2 atom stereocenters. The molecule has 206 valence electrons. The molecule has 2 aliphatic heterocycles. The Morgan fingerprint density at radius 3 is 2.49 bits per heavy atom. The highest BCUT2D eigenvalue weighted by Gasteiger charge is 2.58. The lowest BCUT2D eigenvalue weighted by molar-refractivity contribution is -0.170. The van der Waals surface area contributed by atoms with Crippen LogP contribution >= 0.6 is 0 Å². The monoisotopic (exact) mass is 543 g/mol. The predicted molar refractivity (Wildman–Crippen MR) is 137 cm³/mol. The van der Waals surface area contributed by atoms with Gasteiger partial charge in [0.15, 0.2) is 0 Å². The Morgan fingerprint density at radius 2 is 1.87 bits per heavy atom. The number of hydrogen-bond acceptors (Lipinski definition) is 7. The van der Waals surface area contributed by atoms with E-state index in [0.717, 1.165) is 19.9 Å². The fourth-order valence-electron chi connectivity index (χ4n) is 5.14. The van der Waals surface area contributed by atoms with E-state index in [1.54, 1.807) is 40.1 Å². The average Bonchev–Trinajstić information content (AvgIpc) is 3.25. The van der Waals surface area contributed by atoms with Crippen LogP contribution in [0, 0.1) is 12.7 Å². The Balaban J connectivity index is 1.58. The van der Waals surface area contributed by atoms with Crippen molar-refractivity contribution < 1.29 is 32.6 Å². The number of aliphatic hydroxyl groups is 1. The van der Waals surface area contributed by atoms with Crippen molar-refractivity contribution in [2.24, 2.45) is 0 Å². The zero-order chi connectivity index (χ0) is 28.7. The number of aromatic nitrogens is 2. The molecule has 9 nitrogen and oxygen atoms in total. The molecule has 39 heavy (non-hydrogen) atoms. The number of nitrogens with zero attached hydrogens (tertiary/aromatic N) is 4. The Labute approximate surface area is 222 Å². The van der Waals surface area contributed by atoms with Crippen molar-refractivity contribution in [1.82, 2.24) is 14.9 Å². The van der Waals surface area contributed by atoms with Gasteiger partial charge in [-0.05, 0) is 45.9 Å². The molecule has 2 N–H and O–H groups in total. The molecule has 1 fully saturated rings. The maximum Gasteiger partial charge on any atom is 0.411 e. The van der Waals surface area contributed by atoms with E-state index in [2.05, 4.69) is 15.3 Å². The van der Waals surface area contributed by atoms with Crippen LogP contribution in [0.4, 0.5) is 29.5 Å². The fourth-order valence-corrected chi connectivity index (χ4v) is 5.14. The summed E-state index contributed by atoms with van der Waals surface area (Å²) in [5, 5.41) is 13.5. The molecular formula is C27H28F3N5O4. The van der Waals surface area contributed by atoms with Gasteiger partial charge in [-0.2, -0.15) is 8.78 Å². The molecule has 12 heteroatoms. The standard InChI is InChI=1S/C27H28F3N5O4/c1-13(15-8-7-9-17(21(15)28)27(29,30)25(3,4)38)31-22-16-10-20-18(11-19(16)32-14(2)33-22)26(23(36)35(20)6)12-34(5)24(37)39-26/h7-11,13,38H,12H2,1-6H3,(H,31,32,33)/t13-,26?/m1/s1. The van der Waals surface area contributed by atoms with Crippen molar-refractivity contribution in [3.63, 3.8) is 0 Å². The third-order valence-electron chi connectivity index (χ3n) is 7.36. The number of fused-ring (bicyclic) bond motifs is 3. The van der Waals surface area contributed by atoms with Gasteiger partial charge in [0.05, 0.1) is 29.4 Å². The Morgan fingerprint density at radius 1 is 1.18 bits per heavy atom. The fraction of sp³-hybridized carbons (Fsp3) is 0.407. The first-order chi connectivity index (χ1) is 18.1. The number of rotatable bonds is 5. The van der Waals surface area contributed by atoms with Crippen LogP contribution in [-0.2, 0) is 21.1 Å². The number of likely N-dealkylation sites (N-methyl/N-ethyl adjacent to an activating group) is 2. The van der Waals surface area contributed by atoms with Crippen molar-refractivity contribution >= 4 is 34.4 Å². The lowest BCUT2D eigenvalue weighted by atomic mass is 9.91. The van der Waals surface area contributed by atoms with Crippen LogP contribution < -0.4 is 10.2 Å². The maximum atomic E-state index is 15.4. The van der Waals surface area contributed by atoms with Gasteiger partial charge in [0, 0.05) is 30.6 Å². The van der Waals surface area contributed by atoms with E-state index >= 15 is 4.39 Å².